The highest BCUT2D eigenvalue weighted by Gasteiger charge is 2.34. The molecule has 0 atom stereocenters. The number of hydrogen-bond acceptors (Lipinski definition) is 4. The van der Waals surface area contributed by atoms with Crippen molar-refractivity contribution in [2.75, 3.05) is 10.6 Å². The largest absolute Gasteiger partial charge is 0.320 e. The molecule has 0 bridgehead atoms. The SMILES string of the molecule is [NH2+]=C1C(=O)C(C(=O)Nc2cc(Cl)c(NC(=O)C3=Cc4ccccc4C(=[NH2+])C3=O)cc2Cl)=Cc2ccccc21. The summed E-state index contributed by atoms with van der Waals surface area (Å²) in [6.45, 7) is 0. The van der Waals surface area contributed by atoms with Gasteiger partial charge in [-0.15, -0.1) is 0 Å². The summed E-state index contributed by atoms with van der Waals surface area (Å²) in [6.07, 6.45) is 2.90. The van der Waals surface area contributed by atoms with E-state index in [1.54, 1.807) is 48.5 Å². The van der Waals surface area contributed by atoms with Crippen molar-refractivity contribution in [3.05, 3.63) is 104 Å². The van der Waals surface area contributed by atoms with Crippen molar-refractivity contribution in [2.24, 2.45) is 0 Å². The zero-order valence-electron chi connectivity index (χ0n) is 19.5. The Labute approximate surface area is 226 Å². The van der Waals surface area contributed by atoms with E-state index in [2.05, 4.69) is 10.6 Å². The van der Waals surface area contributed by atoms with Crippen LogP contribution in [-0.2, 0) is 19.2 Å². The molecule has 0 saturated heterocycles. The van der Waals surface area contributed by atoms with Gasteiger partial charge in [-0.25, -0.2) is 0 Å². The van der Waals surface area contributed by atoms with Crippen LogP contribution in [0.4, 0.5) is 11.4 Å². The van der Waals surface area contributed by atoms with Crippen LogP contribution in [0.25, 0.3) is 12.2 Å². The van der Waals surface area contributed by atoms with Gasteiger partial charge < -0.3 is 10.6 Å². The summed E-state index contributed by atoms with van der Waals surface area (Å²) in [5, 5.41) is 17.1. The van der Waals surface area contributed by atoms with E-state index in [1.807, 2.05) is 0 Å². The minimum atomic E-state index is -0.732. The van der Waals surface area contributed by atoms with Crippen molar-refractivity contribution in [1.29, 1.82) is 0 Å². The summed E-state index contributed by atoms with van der Waals surface area (Å²) in [4.78, 5) is 51.2. The molecule has 0 saturated carbocycles. The first kappa shape index (κ1) is 25.0. The van der Waals surface area contributed by atoms with Crippen LogP contribution in [-0.4, -0.2) is 34.8 Å². The highest BCUT2D eigenvalue weighted by molar-refractivity contribution is 6.58. The highest BCUT2D eigenvalue weighted by atomic mass is 35.5. The predicted molar refractivity (Wildman–Crippen MR) is 145 cm³/mol. The molecule has 0 unspecified atom stereocenters. The Morgan fingerprint density at radius 1 is 0.632 bits per heavy atom. The fourth-order valence-electron chi connectivity index (χ4n) is 4.17. The van der Waals surface area contributed by atoms with Crippen LogP contribution in [0.3, 0.4) is 0 Å². The van der Waals surface area contributed by atoms with Gasteiger partial charge in [-0.1, -0.05) is 59.6 Å². The number of rotatable bonds is 4. The topological polar surface area (TPSA) is 144 Å². The van der Waals surface area contributed by atoms with Gasteiger partial charge >= 0.3 is 0 Å². The van der Waals surface area contributed by atoms with Gasteiger partial charge in [0, 0.05) is 0 Å². The zero-order valence-corrected chi connectivity index (χ0v) is 21.0. The molecule has 5 rings (SSSR count). The second-order valence-corrected chi connectivity index (χ2v) is 9.31. The standard InChI is InChI=1S/C28H16Cl2N4O4/c29-19-12-22(34-28(38)18-10-14-6-2-4-8-16(14)24(32)26(18)36)20(30)11-21(19)33-27(37)17-9-13-5-1-3-7-15(13)23(31)25(17)35/h1-12,31-32H,(H,33,37)(H,34,38)/p+2. The van der Waals surface area contributed by atoms with Crippen LogP contribution in [0.2, 0.25) is 10.0 Å². The van der Waals surface area contributed by atoms with Crippen molar-refractivity contribution >= 4 is 81.5 Å². The lowest BCUT2D eigenvalue weighted by molar-refractivity contribution is -0.133. The molecule has 38 heavy (non-hydrogen) atoms. The van der Waals surface area contributed by atoms with Crippen molar-refractivity contribution in [1.82, 2.24) is 0 Å². The lowest BCUT2D eigenvalue weighted by Crippen LogP contribution is -2.48. The van der Waals surface area contributed by atoms with Gasteiger partial charge in [-0.2, -0.15) is 0 Å². The third-order valence-corrected chi connectivity index (χ3v) is 6.75. The maximum absolute atomic E-state index is 12.9. The van der Waals surface area contributed by atoms with E-state index in [-0.39, 0.29) is 44.0 Å². The molecule has 0 aliphatic heterocycles. The Balaban J connectivity index is 1.37. The van der Waals surface area contributed by atoms with Crippen LogP contribution >= 0.6 is 23.2 Å². The molecule has 3 aromatic rings. The van der Waals surface area contributed by atoms with E-state index in [1.165, 1.54) is 24.3 Å². The molecule has 0 spiro atoms. The van der Waals surface area contributed by atoms with E-state index in [9.17, 15) is 19.2 Å². The summed E-state index contributed by atoms with van der Waals surface area (Å²) >= 11 is 12.7. The minimum absolute atomic E-state index is 0.0274. The number of ketones is 2. The Hall–Kier alpha value is -4.66. The lowest BCUT2D eigenvalue weighted by atomic mass is 9.89. The molecular formula is C28H18Cl2N4O4+2. The third-order valence-electron chi connectivity index (χ3n) is 6.12. The molecule has 186 valence electrons. The molecule has 2 aliphatic carbocycles. The summed E-state index contributed by atoms with van der Waals surface area (Å²) in [7, 11) is 0. The van der Waals surface area contributed by atoms with E-state index in [0.29, 0.717) is 22.3 Å². The third kappa shape index (κ3) is 4.36. The molecule has 8 nitrogen and oxygen atoms in total. The molecule has 0 aromatic heterocycles. The first-order chi connectivity index (χ1) is 18.2. The van der Waals surface area contributed by atoms with Crippen LogP contribution in [0, 0.1) is 0 Å². The second kappa shape index (κ2) is 9.66. The number of benzene rings is 3. The fourth-order valence-corrected chi connectivity index (χ4v) is 4.59. The number of anilines is 2. The molecule has 6 N–H and O–H groups in total. The molecule has 3 aromatic carbocycles. The number of hydrogen-bond donors (Lipinski definition) is 4. The first-order valence-electron chi connectivity index (χ1n) is 11.2. The van der Waals surface area contributed by atoms with Gasteiger partial charge in [-0.3, -0.25) is 30.0 Å². The predicted octanol–water partition coefficient (Wildman–Crippen LogP) is 1.30. The van der Waals surface area contributed by atoms with Crippen molar-refractivity contribution in [2.45, 2.75) is 0 Å². The number of carbonyl (C=O) groups is 4. The number of amides is 2. The van der Waals surface area contributed by atoms with Gasteiger partial charge in [0.15, 0.2) is 0 Å². The molecule has 2 amide bonds. The highest BCUT2D eigenvalue weighted by Crippen LogP contribution is 2.34. The summed E-state index contributed by atoms with van der Waals surface area (Å²) in [5.74, 6) is -2.69. The number of nitrogens with one attached hydrogen (secondary N) is 2. The van der Waals surface area contributed by atoms with Gasteiger partial charge in [0.25, 0.3) is 34.8 Å². The average molecular weight is 545 g/mol. The van der Waals surface area contributed by atoms with Crippen LogP contribution < -0.4 is 21.5 Å². The van der Waals surface area contributed by atoms with Crippen molar-refractivity contribution in [3.8, 4) is 0 Å². The number of Topliss-reactive ketones (excluding diaryl/α,β-unsaturated/α-hetero) is 2. The second-order valence-electron chi connectivity index (χ2n) is 8.50. The molecule has 0 fully saturated rings. The van der Waals surface area contributed by atoms with E-state index < -0.39 is 23.4 Å². The molecular weight excluding hydrogens is 527 g/mol. The Morgan fingerprint density at radius 2 is 1.00 bits per heavy atom. The zero-order chi connectivity index (χ0) is 27.1. The van der Waals surface area contributed by atoms with Crippen LogP contribution in [0.5, 0.6) is 0 Å². The summed E-state index contributed by atoms with van der Waals surface area (Å²) in [6, 6.07) is 16.5. The van der Waals surface area contributed by atoms with Gasteiger partial charge in [0.05, 0.1) is 43.7 Å². The van der Waals surface area contributed by atoms with Crippen LogP contribution in [0.1, 0.15) is 22.3 Å². The van der Waals surface area contributed by atoms with E-state index >= 15 is 0 Å². The minimum Gasteiger partial charge on any atom is -0.320 e. The first-order valence-corrected chi connectivity index (χ1v) is 12.0. The number of halogens is 2. The quantitative estimate of drug-likeness (QED) is 0.367. The number of fused-ring (bicyclic) bond motifs is 2. The maximum atomic E-state index is 12.9. The molecule has 2 aliphatic rings. The normalized spacial score (nSPS) is 14.3. The smallest absolute Gasteiger partial charge is 0.262 e. The van der Waals surface area contributed by atoms with Gasteiger partial charge in [-0.05, 0) is 47.5 Å². The Kier molecular flexibility index (Phi) is 6.36. The fraction of sp³-hybridized carbons (Fsp3) is 0. The summed E-state index contributed by atoms with van der Waals surface area (Å²) in [5.41, 5.74) is 2.15. The van der Waals surface area contributed by atoms with E-state index in [0.717, 1.165) is 0 Å². The number of carbonyl (C=O) groups excluding carboxylic acids is 4. The number of nitrogens with two attached hydrogens (primary N) is 2. The van der Waals surface area contributed by atoms with Crippen molar-refractivity contribution < 1.29 is 30.0 Å². The van der Waals surface area contributed by atoms with Gasteiger partial charge in [0.1, 0.15) is 0 Å². The molecule has 0 radical (unpaired) electrons. The lowest BCUT2D eigenvalue weighted by Gasteiger charge is -2.16. The Morgan fingerprint density at radius 3 is 1.39 bits per heavy atom. The van der Waals surface area contributed by atoms with Gasteiger partial charge in [0.2, 0.25) is 0 Å². The monoisotopic (exact) mass is 544 g/mol. The summed E-state index contributed by atoms with van der Waals surface area (Å²) < 4.78 is 0. The average Bonchev–Trinajstić information content (AvgIpc) is 2.91. The maximum Gasteiger partial charge on any atom is 0.262 e. The van der Waals surface area contributed by atoms with Crippen LogP contribution in [0.15, 0.2) is 71.8 Å². The molecule has 0 heterocycles. The Bertz CT molecular complexity index is 1580. The molecule has 10 heteroatoms. The van der Waals surface area contributed by atoms with Crippen molar-refractivity contribution in [3.63, 3.8) is 0 Å². The van der Waals surface area contributed by atoms with E-state index in [4.69, 9.17) is 34.0 Å².